The topological polar surface area (TPSA) is 92.8 Å². The summed E-state index contributed by atoms with van der Waals surface area (Å²) in [5, 5.41) is 9.49. The van der Waals surface area contributed by atoms with Crippen molar-refractivity contribution >= 4 is 16.9 Å². The van der Waals surface area contributed by atoms with Crippen LogP contribution in [0, 0.1) is 11.7 Å². The van der Waals surface area contributed by atoms with Gasteiger partial charge in [-0.3, -0.25) is 19.9 Å². The summed E-state index contributed by atoms with van der Waals surface area (Å²) in [6.07, 6.45) is 7.19. The number of H-pyrrole nitrogens is 1. The minimum absolute atomic E-state index is 0.0354. The van der Waals surface area contributed by atoms with Crippen molar-refractivity contribution in [2.24, 2.45) is 5.92 Å². The summed E-state index contributed by atoms with van der Waals surface area (Å²) in [6, 6.07) is 2.65. The van der Waals surface area contributed by atoms with Crippen molar-refractivity contribution in [1.82, 2.24) is 25.5 Å². The van der Waals surface area contributed by atoms with E-state index in [1.54, 1.807) is 12.4 Å². The number of ether oxygens (including phenoxy) is 1. The lowest BCUT2D eigenvalue weighted by Crippen LogP contribution is -2.31. The highest BCUT2D eigenvalue weighted by Gasteiger charge is 2.30. The van der Waals surface area contributed by atoms with E-state index in [0.29, 0.717) is 24.2 Å². The second-order valence-corrected chi connectivity index (χ2v) is 5.96. The molecule has 2 aromatic heterocycles. The fourth-order valence-corrected chi connectivity index (χ4v) is 3.11. The van der Waals surface area contributed by atoms with Crippen LogP contribution in [0.1, 0.15) is 28.4 Å². The normalized spacial score (nSPS) is 20.0. The number of fused-ring (bicyclic) bond motifs is 1. The summed E-state index contributed by atoms with van der Waals surface area (Å²) >= 11 is 0. The lowest BCUT2D eigenvalue weighted by molar-refractivity contribution is 0.0845. The van der Waals surface area contributed by atoms with E-state index in [9.17, 15) is 9.18 Å². The average molecular weight is 341 g/mol. The number of hydrogen-bond donors (Lipinski definition) is 2. The third-order valence-corrected chi connectivity index (χ3v) is 4.39. The number of carbonyl (C=O) groups is 1. The van der Waals surface area contributed by atoms with Crippen LogP contribution in [-0.2, 0) is 4.74 Å². The van der Waals surface area contributed by atoms with Crippen LogP contribution in [0.2, 0.25) is 0 Å². The van der Waals surface area contributed by atoms with Crippen LogP contribution < -0.4 is 5.32 Å². The standard InChI is InChI=1S/C17H16FN5O2/c18-13-6-15-14(19-2-3-20-15)5-12(13)17(24)21-7-10-1-4-25-16(10)11-8-22-23-9-11/h2-3,5-6,8-10,16H,1,4,7H2,(H,21,24)(H,22,23)/t10-,16+/m1/s1. The molecule has 7 nitrogen and oxygen atoms in total. The number of carbonyl (C=O) groups excluding carboxylic acids is 1. The van der Waals surface area contributed by atoms with E-state index < -0.39 is 11.7 Å². The second kappa shape index (κ2) is 6.56. The summed E-state index contributed by atoms with van der Waals surface area (Å²) in [6.45, 7) is 1.02. The van der Waals surface area contributed by atoms with Gasteiger partial charge >= 0.3 is 0 Å². The first-order chi connectivity index (χ1) is 12.2. The van der Waals surface area contributed by atoms with Gasteiger partial charge in [-0.15, -0.1) is 0 Å². The molecule has 0 unspecified atom stereocenters. The van der Waals surface area contributed by atoms with Crippen LogP contribution in [0.25, 0.3) is 11.0 Å². The Balaban J connectivity index is 1.48. The van der Waals surface area contributed by atoms with Gasteiger partial charge < -0.3 is 10.1 Å². The SMILES string of the molecule is O=C(NC[C@H]1CCO[C@@H]1c1cn[nH]c1)c1cc2nccnc2cc1F. The summed E-state index contributed by atoms with van der Waals surface area (Å²) in [5.41, 5.74) is 1.81. The Kier molecular flexibility index (Phi) is 4.10. The van der Waals surface area contributed by atoms with Crippen molar-refractivity contribution < 1.29 is 13.9 Å². The molecule has 128 valence electrons. The quantitative estimate of drug-likeness (QED) is 0.757. The molecule has 0 saturated carbocycles. The molecule has 0 bridgehead atoms. The highest BCUT2D eigenvalue weighted by Crippen LogP contribution is 2.33. The Bertz CT molecular complexity index is 899. The van der Waals surface area contributed by atoms with Crippen LogP contribution in [-0.4, -0.2) is 39.2 Å². The zero-order valence-electron chi connectivity index (χ0n) is 13.3. The van der Waals surface area contributed by atoms with Gasteiger partial charge in [0.05, 0.1) is 28.9 Å². The number of aromatic amines is 1. The molecule has 1 aromatic carbocycles. The molecule has 1 fully saturated rings. The number of aromatic nitrogens is 4. The predicted molar refractivity (Wildman–Crippen MR) is 87.2 cm³/mol. The Hall–Kier alpha value is -2.87. The van der Waals surface area contributed by atoms with E-state index >= 15 is 0 Å². The van der Waals surface area contributed by atoms with Crippen LogP contribution in [0.3, 0.4) is 0 Å². The molecule has 4 rings (SSSR count). The van der Waals surface area contributed by atoms with Gasteiger partial charge in [0.1, 0.15) is 5.82 Å². The summed E-state index contributed by atoms with van der Waals surface area (Å²) in [5.74, 6) is -0.965. The van der Waals surface area contributed by atoms with Crippen molar-refractivity contribution in [1.29, 1.82) is 0 Å². The van der Waals surface area contributed by atoms with Crippen LogP contribution in [0.15, 0.2) is 36.9 Å². The lowest BCUT2D eigenvalue weighted by atomic mass is 9.97. The Morgan fingerprint density at radius 3 is 2.88 bits per heavy atom. The number of amides is 1. The molecule has 1 aliphatic heterocycles. The van der Waals surface area contributed by atoms with E-state index in [1.165, 1.54) is 24.5 Å². The van der Waals surface area contributed by atoms with Crippen molar-refractivity contribution in [3.05, 3.63) is 53.9 Å². The molecular formula is C17H16FN5O2. The average Bonchev–Trinajstić information content (AvgIpc) is 3.30. The lowest BCUT2D eigenvalue weighted by Gasteiger charge is -2.17. The van der Waals surface area contributed by atoms with Gasteiger partial charge in [-0.2, -0.15) is 5.10 Å². The van der Waals surface area contributed by atoms with E-state index in [-0.39, 0.29) is 17.6 Å². The number of nitrogens with one attached hydrogen (secondary N) is 2. The van der Waals surface area contributed by atoms with Crippen molar-refractivity contribution in [2.45, 2.75) is 12.5 Å². The third-order valence-electron chi connectivity index (χ3n) is 4.39. The fraction of sp³-hybridized carbons (Fsp3) is 0.294. The van der Waals surface area contributed by atoms with Crippen molar-refractivity contribution in [3.8, 4) is 0 Å². The van der Waals surface area contributed by atoms with Gasteiger partial charge in [-0.25, -0.2) is 4.39 Å². The largest absolute Gasteiger partial charge is 0.373 e. The molecule has 8 heteroatoms. The zero-order chi connectivity index (χ0) is 17.2. The number of nitrogens with zero attached hydrogens (tertiary/aromatic N) is 3. The highest BCUT2D eigenvalue weighted by molar-refractivity contribution is 5.97. The molecular weight excluding hydrogens is 325 g/mol. The second-order valence-electron chi connectivity index (χ2n) is 5.96. The van der Waals surface area contributed by atoms with Crippen LogP contribution in [0.5, 0.6) is 0 Å². The van der Waals surface area contributed by atoms with Gasteiger partial charge in [-0.05, 0) is 12.5 Å². The number of hydrogen-bond acceptors (Lipinski definition) is 5. The first-order valence-corrected chi connectivity index (χ1v) is 8.01. The monoisotopic (exact) mass is 341 g/mol. The zero-order valence-corrected chi connectivity index (χ0v) is 13.3. The predicted octanol–water partition coefficient (Wildman–Crippen LogP) is 2.00. The first kappa shape index (κ1) is 15.6. The Morgan fingerprint density at radius 2 is 2.12 bits per heavy atom. The molecule has 1 saturated heterocycles. The molecule has 0 spiro atoms. The van der Waals surface area contributed by atoms with Crippen LogP contribution in [0.4, 0.5) is 4.39 Å². The Morgan fingerprint density at radius 1 is 1.32 bits per heavy atom. The first-order valence-electron chi connectivity index (χ1n) is 8.01. The number of benzene rings is 1. The van der Waals surface area contributed by atoms with Gasteiger partial charge in [0.15, 0.2) is 0 Å². The molecule has 1 aliphatic rings. The molecule has 0 radical (unpaired) electrons. The van der Waals surface area contributed by atoms with Crippen molar-refractivity contribution in [3.63, 3.8) is 0 Å². The molecule has 3 heterocycles. The van der Waals surface area contributed by atoms with Crippen LogP contribution >= 0.6 is 0 Å². The highest BCUT2D eigenvalue weighted by atomic mass is 19.1. The van der Waals surface area contributed by atoms with E-state index in [0.717, 1.165) is 12.0 Å². The van der Waals surface area contributed by atoms with Gasteiger partial charge in [0.2, 0.25) is 0 Å². The minimum Gasteiger partial charge on any atom is -0.373 e. The molecule has 3 aromatic rings. The van der Waals surface area contributed by atoms with E-state index in [1.807, 2.05) is 0 Å². The maximum Gasteiger partial charge on any atom is 0.254 e. The summed E-state index contributed by atoms with van der Waals surface area (Å²) in [7, 11) is 0. The molecule has 25 heavy (non-hydrogen) atoms. The summed E-state index contributed by atoms with van der Waals surface area (Å²) in [4.78, 5) is 20.5. The molecule has 2 N–H and O–H groups in total. The molecule has 0 aliphatic carbocycles. The van der Waals surface area contributed by atoms with E-state index in [2.05, 4.69) is 25.5 Å². The van der Waals surface area contributed by atoms with Crippen molar-refractivity contribution in [2.75, 3.05) is 13.2 Å². The fourth-order valence-electron chi connectivity index (χ4n) is 3.11. The number of rotatable bonds is 4. The third kappa shape index (κ3) is 3.08. The summed E-state index contributed by atoms with van der Waals surface area (Å²) < 4.78 is 19.9. The van der Waals surface area contributed by atoms with Gasteiger partial charge in [-0.1, -0.05) is 0 Å². The number of halogens is 1. The maximum atomic E-state index is 14.2. The van der Waals surface area contributed by atoms with Gasteiger partial charge in [0.25, 0.3) is 5.91 Å². The molecule has 1 amide bonds. The smallest absolute Gasteiger partial charge is 0.254 e. The van der Waals surface area contributed by atoms with Gasteiger partial charge in [0, 0.05) is 49.3 Å². The maximum absolute atomic E-state index is 14.2. The Labute approximate surface area is 142 Å². The molecule has 2 atom stereocenters. The van der Waals surface area contributed by atoms with E-state index in [4.69, 9.17) is 4.74 Å². The minimum atomic E-state index is -0.612.